The van der Waals surface area contributed by atoms with Gasteiger partial charge in [0.05, 0.1) is 6.42 Å². The van der Waals surface area contributed by atoms with Gasteiger partial charge < -0.3 is 11.1 Å². The number of nitrogens with one attached hydrogen (secondary N) is 1. The van der Waals surface area contributed by atoms with Crippen LogP contribution < -0.4 is 11.1 Å². The van der Waals surface area contributed by atoms with E-state index in [1.165, 1.54) is 12.1 Å². The highest BCUT2D eigenvalue weighted by Crippen LogP contribution is 2.28. The Morgan fingerprint density at radius 1 is 1.47 bits per heavy atom. The lowest BCUT2D eigenvalue weighted by Gasteiger charge is -2.38. The molecule has 1 saturated carbocycles. The lowest BCUT2D eigenvalue weighted by molar-refractivity contribution is -0.120. The maximum Gasteiger partial charge on any atom is 0.224 e. The van der Waals surface area contributed by atoms with Gasteiger partial charge >= 0.3 is 0 Å². The van der Waals surface area contributed by atoms with Crippen molar-refractivity contribution in [1.82, 2.24) is 5.32 Å². The summed E-state index contributed by atoms with van der Waals surface area (Å²) in [4.78, 5) is 11.7. The monoisotopic (exact) mass is 306 g/mol. The van der Waals surface area contributed by atoms with Crippen molar-refractivity contribution in [2.45, 2.75) is 31.2 Å². The third kappa shape index (κ3) is 4.06. The van der Waals surface area contributed by atoms with Gasteiger partial charge in [0.15, 0.2) is 0 Å². The van der Waals surface area contributed by atoms with Gasteiger partial charge in [0.2, 0.25) is 5.91 Å². The molecular formula is C13H17Cl2FN2O. The minimum atomic E-state index is -0.455. The molecule has 0 spiro atoms. The average molecular weight is 307 g/mol. The van der Waals surface area contributed by atoms with Crippen LogP contribution in [0.4, 0.5) is 4.39 Å². The minimum absolute atomic E-state index is 0. The Labute approximate surface area is 123 Å². The van der Waals surface area contributed by atoms with E-state index in [0.717, 1.165) is 19.3 Å². The quantitative estimate of drug-likeness (QED) is 0.897. The molecule has 3 nitrogen and oxygen atoms in total. The summed E-state index contributed by atoms with van der Waals surface area (Å²) in [7, 11) is 0. The normalized spacial score (nSPS) is 16.2. The molecule has 0 aliphatic heterocycles. The number of carbonyl (C=O) groups is 1. The van der Waals surface area contributed by atoms with Crippen LogP contribution >= 0.6 is 24.0 Å². The highest BCUT2D eigenvalue weighted by atomic mass is 35.5. The highest BCUT2D eigenvalue weighted by molar-refractivity contribution is 6.31. The molecule has 1 aliphatic rings. The summed E-state index contributed by atoms with van der Waals surface area (Å²) >= 11 is 5.86. The SMILES string of the molecule is Cl.NC1(CNC(=O)Cc2c(F)cccc2Cl)CCC1. The summed E-state index contributed by atoms with van der Waals surface area (Å²) in [6, 6.07) is 4.39. The molecule has 106 valence electrons. The summed E-state index contributed by atoms with van der Waals surface area (Å²) < 4.78 is 13.5. The third-order valence-corrected chi connectivity index (χ3v) is 3.74. The van der Waals surface area contributed by atoms with Crippen molar-refractivity contribution in [2.24, 2.45) is 5.73 Å². The second kappa shape index (κ2) is 6.55. The molecule has 1 fully saturated rings. The lowest BCUT2D eigenvalue weighted by Crippen LogP contribution is -2.55. The Bertz CT molecular complexity index is 444. The summed E-state index contributed by atoms with van der Waals surface area (Å²) in [6.07, 6.45) is 2.90. The van der Waals surface area contributed by atoms with Gasteiger partial charge in [0.25, 0.3) is 0 Å². The molecule has 3 N–H and O–H groups in total. The first-order chi connectivity index (χ1) is 8.50. The molecule has 0 heterocycles. The van der Waals surface area contributed by atoms with E-state index in [9.17, 15) is 9.18 Å². The van der Waals surface area contributed by atoms with E-state index in [0.29, 0.717) is 6.54 Å². The molecule has 0 aromatic heterocycles. The molecule has 1 amide bonds. The molecule has 2 rings (SSSR count). The van der Waals surface area contributed by atoms with Crippen LogP contribution in [0.15, 0.2) is 18.2 Å². The fourth-order valence-corrected chi connectivity index (χ4v) is 2.24. The number of benzene rings is 1. The first-order valence-electron chi connectivity index (χ1n) is 5.99. The highest BCUT2D eigenvalue weighted by Gasteiger charge is 2.32. The molecule has 1 aromatic rings. The molecule has 6 heteroatoms. The molecule has 19 heavy (non-hydrogen) atoms. The van der Waals surface area contributed by atoms with Crippen LogP contribution in [0.25, 0.3) is 0 Å². The van der Waals surface area contributed by atoms with Crippen LogP contribution in [-0.2, 0) is 11.2 Å². The zero-order valence-corrected chi connectivity index (χ0v) is 12.0. The Morgan fingerprint density at radius 2 is 2.16 bits per heavy atom. The van der Waals surface area contributed by atoms with E-state index >= 15 is 0 Å². The fourth-order valence-electron chi connectivity index (χ4n) is 2.01. The summed E-state index contributed by atoms with van der Waals surface area (Å²) in [6.45, 7) is 0.442. The maximum atomic E-state index is 13.5. The minimum Gasteiger partial charge on any atom is -0.354 e. The first-order valence-corrected chi connectivity index (χ1v) is 6.36. The lowest BCUT2D eigenvalue weighted by atomic mass is 9.78. The molecule has 0 atom stereocenters. The Hall–Kier alpha value is -0.840. The number of amides is 1. The van der Waals surface area contributed by atoms with Gasteiger partial charge in [-0.1, -0.05) is 17.7 Å². The number of halogens is 3. The van der Waals surface area contributed by atoms with E-state index < -0.39 is 5.82 Å². The second-order valence-corrected chi connectivity index (χ2v) is 5.28. The molecule has 0 saturated heterocycles. The van der Waals surface area contributed by atoms with Crippen LogP contribution in [0.3, 0.4) is 0 Å². The van der Waals surface area contributed by atoms with Crippen LogP contribution in [0.1, 0.15) is 24.8 Å². The van der Waals surface area contributed by atoms with Gasteiger partial charge in [-0.05, 0) is 31.4 Å². The molecule has 1 aromatic carbocycles. The van der Waals surface area contributed by atoms with Crippen LogP contribution in [0.5, 0.6) is 0 Å². The Kier molecular flexibility index (Phi) is 5.59. The van der Waals surface area contributed by atoms with Gasteiger partial charge in [-0.3, -0.25) is 4.79 Å². The van der Waals surface area contributed by atoms with Gasteiger partial charge in [0, 0.05) is 22.7 Å². The summed E-state index contributed by atoms with van der Waals surface area (Å²) in [5, 5.41) is 3.01. The van der Waals surface area contributed by atoms with Gasteiger partial charge in [-0.2, -0.15) is 0 Å². The largest absolute Gasteiger partial charge is 0.354 e. The third-order valence-electron chi connectivity index (χ3n) is 3.39. The topological polar surface area (TPSA) is 55.1 Å². The van der Waals surface area contributed by atoms with E-state index in [-0.39, 0.29) is 40.9 Å². The second-order valence-electron chi connectivity index (χ2n) is 4.87. The van der Waals surface area contributed by atoms with E-state index in [2.05, 4.69) is 5.32 Å². The zero-order chi connectivity index (χ0) is 13.2. The van der Waals surface area contributed by atoms with Gasteiger partial charge in [0.1, 0.15) is 5.82 Å². The molecule has 0 bridgehead atoms. The Balaban J connectivity index is 0.00000180. The van der Waals surface area contributed by atoms with E-state index in [1.807, 2.05) is 0 Å². The predicted octanol–water partition coefficient (Wildman–Crippen LogP) is 2.44. The van der Waals surface area contributed by atoms with Crippen LogP contribution in [0, 0.1) is 5.82 Å². The number of hydrogen-bond acceptors (Lipinski definition) is 2. The van der Waals surface area contributed by atoms with Crippen molar-refractivity contribution in [3.05, 3.63) is 34.6 Å². The fraction of sp³-hybridized carbons (Fsp3) is 0.462. The van der Waals surface area contributed by atoms with Crippen LogP contribution in [0.2, 0.25) is 5.02 Å². The van der Waals surface area contributed by atoms with Crippen molar-refractivity contribution in [1.29, 1.82) is 0 Å². The number of hydrogen-bond donors (Lipinski definition) is 2. The standard InChI is InChI=1S/C13H16ClFN2O.ClH/c14-10-3-1-4-11(15)9(10)7-12(18)17-8-13(16)5-2-6-13;/h1,3-4H,2,5-8,16H2,(H,17,18);1H. The van der Waals surface area contributed by atoms with Crippen molar-refractivity contribution in [2.75, 3.05) is 6.54 Å². The Morgan fingerprint density at radius 3 is 2.68 bits per heavy atom. The van der Waals surface area contributed by atoms with Crippen LogP contribution in [-0.4, -0.2) is 18.0 Å². The van der Waals surface area contributed by atoms with Crippen molar-refractivity contribution in [3.63, 3.8) is 0 Å². The number of carbonyl (C=O) groups excluding carboxylic acids is 1. The zero-order valence-electron chi connectivity index (χ0n) is 10.4. The molecule has 0 unspecified atom stereocenters. The van der Waals surface area contributed by atoms with Gasteiger partial charge in [-0.25, -0.2) is 4.39 Å². The van der Waals surface area contributed by atoms with E-state index in [4.69, 9.17) is 17.3 Å². The molecule has 1 aliphatic carbocycles. The molecule has 0 radical (unpaired) electrons. The van der Waals surface area contributed by atoms with Gasteiger partial charge in [-0.15, -0.1) is 12.4 Å². The predicted molar refractivity (Wildman–Crippen MR) is 76.1 cm³/mol. The van der Waals surface area contributed by atoms with Crippen molar-refractivity contribution >= 4 is 29.9 Å². The number of rotatable bonds is 4. The summed E-state index contributed by atoms with van der Waals surface area (Å²) in [5.41, 5.74) is 5.95. The smallest absolute Gasteiger partial charge is 0.224 e. The van der Waals surface area contributed by atoms with Crippen molar-refractivity contribution < 1.29 is 9.18 Å². The first kappa shape index (κ1) is 16.2. The average Bonchev–Trinajstić information content (AvgIpc) is 2.29. The number of nitrogens with two attached hydrogens (primary N) is 1. The maximum absolute atomic E-state index is 13.5. The summed E-state index contributed by atoms with van der Waals surface area (Å²) in [5.74, 6) is -0.706. The molecular weight excluding hydrogens is 290 g/mol. The van der Waals surface area contributed by atoms with Crippen molar-refractivity contribution in [3.8, 4) is 0 Å². The van der Waals surface area contributed by atoms with E-state index in [1.54, 1.807) is 6.07 Å².